The first-order valence-corrected chi connectivity index (χ1v) is 9.49. The van der Waals surface area contributed by atoms with Gasteiger partial charge in [0.2, 0.25) is 10.0 Å². The molecule has 2 aromatic rings. The van der Waals surface area contributed by atoms with Gasteiger partial charge in [0.1, 0.15) is 5.82 Å². The third-order valence-electron chi connectivity index (χ3n) is 4.08. The maximum atomic E-state index is 12.9. The molecule has 0 aliphatic carbocycles. The Morgan fingerprint density at radius 2 is 1.67 bits per heavy atom. The van der Waals surface area contributed by atoms with E-state index in [0.29, 0.717) is 37.7 Å². The van der Waals surface area contributed by atoms with Gasteiger partial charge in [0.25, 0.3) is 0 Å². The number of sulfonamides is 1. The van der Waals surface area contributed by atoms with Crippen LogP contribution in [0.4, 0.5) is 4.39 Å². The number of rotatable bonds is 4. The highest BCUT2D eigenvalue weighted by Crippen LogP contribution is 2.21. The summed E-state index contributed by atoms with van der Waals surface area (Å²) in [5.41, 5.74) is 1.02. The van der Waals surface area contributed by atoms with E-state index in [2.05, 4.69) is 4.90 Å². The van der Waals surface area contributed by atoms with Gasteiger partial charge >= 0.3 is 0 Å². The molecule has 0 radical (unpaired) electrons. The smallest absolute Gasteiger partial charge is 0.243 e. The van der Waals surface area contributed by atoms with E-state index in [-0.39, 0.29) is 10.7 Å². The molecular formula is C17H18ClFN2O2S. The Labute approximate surface area is 146 Å². The van der Waals surface area contributed by atoms with E-state index in [1.165, 1.54) is 22.5 Å². The zero-order chi connectivity index (χ0) is 17.2. The molecule has 0 aromatic heterocycles. The summed E-state index contributed by atoms with van der Waals surface area (Å²) in [5.74, 6) is -0.254. The molecule has 0 spiro atoms. The standard InChI is InChI=1S/C17H18ClFN2O2S/c18-15-2-1-3-17(12-15)24(22,23)21-10-8-20(9-11-21)13-14-4-6-16(19)7-5-14/h1-7,12H,8-11,13H2. The Bertz CT molecular complexity index is 804. The van der Waals surface area contributed by atoms with Gasteiger partial charge in [-0.05, 0) is 35.9 Å². The summed E-state index contributed by atoms with van der Waals surface area (Å²) in [4.78, 5) is 2.39. The second kappa shape index (κ2) is 7.19. The molecule has 0 unspecified atom stereocenters. The summed E-state index contributed by atoms with van der Waals surface area (Å²) < 4.78 is 39.7. The molecule has 0 atom stereocenters. The molecule has 1 heterocycles. The van der Waals surface area contributed by atoms with Crippen LogP contribution in [0.1, 0.15) is 5.56 Å². The fourth-order valence-electron chi connectivity index (χ4n) is 2.75. The Hall–Kier alpha value is -1.47. The molecule has 128 valence electrons. The number of halogens is 2. The van der Waals surface area contributed by atoms with Crippen molar-refractivity contribution in [3.63, 3.8) is 0 Å². The van der Waals surface area contributed by atoms with Gasteiger partial charge in [-0.15, -0.1) is 0 Å². The zero-order valence-electron chi connectivity index (χ0n) is 13.0. The highest BCUT2D eigenvalue weighted by molar-refractivity contribution is 7.89. The number of nitrogens with zero attached hydrogens (tertiary/aromatic N) is 2. The first kappa shape index (κ1) is 17.4. The van der Waals surface area contributed by atoms with Crippen molar-refractivity contribution in [3.05, 3.63) is 64.9 Å². The van der Waals surface area contributed by atoms with Crippen LogP contribution in [0, 0.1) is 5.82 Å². The minimum atomic E-state index is -3.51. The van der Waals surface area contributed by atoms with Crippen LogP contribution in [0.5, 0.6) is 0 Å². The minimum absolute atomic E-state index is 0.224. The van der Waals surface area contributed by atoms with E-state index in [9.17, 15) is 12.8 Å². The number of piperazine rings is 1. The monoisotopic (exact) mass is 368 g/mol. The average Bonchev–Trinajstić information content (AvgIpc) is 2.57. The predicted molar refractivity (Wildman–Crippen MR) is 91.9 cm³/mol. The van der Waals surface area contributed by atoms with E-state index in [4.69, 9.17) is 11.6 Å². The Morgan fingerprint density at radius 3 is 2.29 bits per heavy atom. The van der Waals surface area contributed by atoms with Crippen LogP contribution in [-0.4, -0.2) is 43.8 Å². The number of hydrogen-bond acceptors (Lipinski definition) is 3. The summed E-state index contributed by atoms with van der Waals surface area (Å²) in [7, 11) is -3.51. The molecule has 0 saturated carbocycles. The normalized spacial score (nSPS) is 17.1. The summed E-state index contributed by atoms with van der Waals surface area (Å²) in [6.45, 7) is 2.81. The van der Waals surface area contributed by atoms with E-state index in [1.807, 2.05) is 0 Å². The molecule has 1 saturated heterocycles. The second-order valence-corrected chi connectivity index (χ2v) is 8.14. The van der Waals surface area contributed by atoms with Crippen LogP contribution in [-0.2, 0) is 16.6 Å². The molecule has 7 heteroatoms. The largest absolute Gasteiger partial charge is 0.296 e. The highest BCUT2D eigenvalue weighted by atomic mass is 35.5. The summed E-state index contributed by atoms with van der Waals surface area (Å²) >= 11 is 5.90. The third kappa shape index (κ3) is 3.95. The average molecular weight is 369 g/mol. The van der Waals surface area contributed by atoms with Crippen LogP contribution >= 0.6 is 11.6 Å². The summed E-state index contributed by atoms with van der Waals surface area (Å²) in [6, 6.07) is 12.7. The Morgan fingerprint density at radius 1 is 1.00 bits per heavy atom. The molecule has 0 bridgehead atoms. The minimum Gasteiger partial charge on any atom is -0.296 e. The third-order valence-corrected chi connectivity index (χ3v) is 6.21. The molecule has 24 heavy (non-hydrogen) atoms. The van der Waals surface area contributed by atoms with Crippen molar-refractivity contribution in [2.24, 2.45) is 0 Å². The molecule has 1 aliphatic heterocycles. The summed E-state index contributed by atoms with van der Waals surface area (Å²) in [5, 5.41) is 0.408. The van der Waals surface area contributed by atoms with Crippen LogP contribution in [0.2, 0.25) is 5.02 Å². The van der Waals surface area contributed by atoms with Gasteiger partial charge in [-0.2, -0.15) is 4.31 Å². The lowest BCUT2D eigenvalue weighted by atomic mass is 10.2. The van der Waals surface area contributed by atoms with E-state index < -0.39 is 10.0 Å². The fraction of sp³-hybridized carbons (Fsp3) is 0.294. The van der Waals surface area contributed by atoms with E-state index in [0.717, 1.165) is 5.56 Å². The molecule has 0 N–H and O–H groups in total. The molecule has 1 fully saturated rings. The lowest BCUT2D eigenvalue weighted by Crippen LogP contribution is -2.48. The fourth-order valence-corrected chi connectivity index (χ4v) is 4.48. The lowest BCUT2D eigenvalue weighted by Gasteiger charge is -2.34. The molecule has 0 amide bonds. The first-order chi connectivity index (χ1) is 11.4. The summed E-state index contributed by atoms with van der Waals surface area (Å²) in [6.07, 6.45) is 0. The predicted octanol–water partition coefficient (Wildman–Crippen LogP) is 2.99. The van der Waals surface area contributed by atoms with Gasteiger partial charge in [0, 0.05) is 37.7 Å². The molecule has 3 rings (SSSR count). The van der Waals surface area contributed by atoms with Crippen molar-refractivity contribution in [3.8, 4) is 0 Å². The van der Waals surface area contributed by atoms with Gasteiger partial charge in [-0.3, -0.25) is 4.90 Å². The molecule has 2 aromatic carbocycles. The van der Waals surface area contributed by atoms with E-state index >= 15 is 0 Å². The van der Waals surface area contributed by atoms with Gasteiger partial charge in [-0.25, -0.2) is 12.8 Å². The van der Waals surface area contributed by atoms with E-state index in [1.54, 1.807) is 30.3 Å². The van der Waals surface area contributed by atoms with Crippen LogP contribution < -0.4 is 0 Å². The van der Waals surface area contributed by atoms with Gasteiger partial charge in [-0.1, -0.05) is 29.8 Å². The maximum Gasteiger partial charge on any atom is 0.243 e. The van der Waals surface area contributed by atoms with Crippen molar-refractivity contribution in [1.29, 1.82) is 0 Å². The maximum absolute atomic E-state index is 12.9. The number of benzene rings is 2. The Kier molecular flexibility index (Phi) is 5.20. The van der Waals surface area contributed by atoms with Crippen molar-refractivity contribution < 1.29 is 12.8 Å². The highest BCUT2D eigenvalue weighted by Gasteiger charge is 2.28. The van der Waals surface area contributed by atoms with Gasteiger partial charge < -0.3 is 0 Å². The van der Waals surface area contributed by atoms with Crippen molar-refractivity contribution in [2.75, 3.05) is 26.2 Å². The van der Waals surface area contributed by atoms with Gasteiger partial charge in [0.15, 0.2) is 0 Å². The van der Waals surface area contributed by atoms with Crippen molar-refractivity contribution in [1.82, 2.24) is 9.21 Å². The Balaban J connectivity index is 1.63. The van der Waals surface area contributed by atoms with Crippen LogP contribution in [0.15, 0.2) is 53.4 Å². The van der Waals surface area contributed by atoms with Crippen molar-refractivity contribution in [2.45, 2.75) is 11.4 Å². The van der Waals surface area contributed by atoms with Crippen LogP contribution in [0.25, 0.3) is 0 Å². The second-order valence-electron chi connectivity index (χ2n) is 5.76. The number of hydrogen-bond donors (Lipinski definition) is 0. The van der Waals surface area contributed by atoms with Gasteiger partial charge in [0.05, 0.1) is 4.90 Å². The molecular weight excluding hydrogens is 351 g/mol. The SMILES string of the molecule is O=S(=O)(c1cccc(Cl)c1)N1CCN(Cc2ccc(F)cc2)CC1. The quantitative estimate of drug-likeness (QED) is 0.833. The van der Waals surface area contributed by atoms with Crippen LogP contribution in [0.3, 0.4) is 0 Å². The van der Waals surface area contributed by atoms with Crippen molar-refractivity contribution >= 4 is 21.6 Å². The topological polar surface area (TPSA) is 40.6 Å². The lowest BCUT2D eigenvalue weighted by molar-refractivity contribution is 0.181. The molecule has 1 aliphatic rings. The molecule has 4 nitrogen and oxygen atoms in total. The zero-order valence-corrected chi connectivity index (χ0v) is 14.6. The first-order valence-electron chi connectivity index (χ1n) is 7.68.